The van der Waals surface area contributed by atoms with Gasteiger partial charge >= 0.3 is 5.97 Å². The average Bonchev–Trinajstić information content (AvgIpc) is 2.61. The van der Waals surface area contributed by atoms with E-state index >= 15 is 0 Å². The Morgan fingerprint density at radius 3 is 2.56 bits per heavy atom. The molecule has 2 N–H and O–H groups in total. The van der Waals surface area contributed by atoms with Gasteiger partial charge in [-0.1, -0.05) is 18.2 Å². The summed E-state index contributed by atoms with van der Waals surface area (Å²) < 4.78 is 6.00. The lowest BCUT2D eigenvalue weighted by Crippen LogP contribution is -2.15. The summed E-state index contributed by atoms with van der Waals surface area (Å²) >= 11 is 0. The topological polar surface area (TPSA) is 82.8 Å². The van der Waals surface area contributed by atoms with Crippen molar-refractivity contribution < 1.29 is 14.3 Å². The van der Waals surface area contributed by atoms with E-state index in [2.05, 4.69) is 5.32 Å². The molecule has 0 saturated carbocycles. The molecule has 1 aromatic heterocycles. The van der Waals surface area contributed by atoms with Crippen LogP contribution >= 0.6 is 0 Å². The molecule has 1 heterocycles. The predicted molar refractivity (Wildman–Crippen MR) is 107 cm³/mol. The summed E-state index contributed by atoms with van der Waals surface area (Å²) in [6.07, 6.45) is 0. The second-order valence-electron chi connectivity index (χ2n) is 6.79. The van der Waals surface area contributed by atoms with Crippen molar-refractivity contribution in [1.29, 1.82) is 0 Å². The van der Waals surface area contributed by atoms with Gasteiger partial charge in [-0.3, -0.25) is 4.79 Å². The fourth-order valence-corrected chi connectivity index (χ4v) is 3.07. The number of rotatable bonds is 5. The molecule has 0 saturated heterocycles. The molecule has 140 valence electrons. The Balaban J connectivity index is 2.13. The Hall–Kier alpha value is -3.28. The van der Waals surface area contributed by atoms with Crippen molar-refractivity contribution >= 4 is 28.5 Å². The van der Waals surface area contributed by atoms with E-state index in [1.54, 1.807) is 29.2 Å². The van der Waals surface area contributed by atoms with Crippen LogP contribution in [-0.2, 0) is 0 Å². The zero-order chi connectivity index (χ0) is 19.7. The number of hydrogen-bond donors (Lipinski definition) is 2. The van der Waals surface area contributed by atoms with Crippen LogP contribution in [0.3, 0.4) is 0 Å². The number of fused-ring (bicyclic) bond motifs is 1. The van der Waals surface area contributed by atoms with Crippen LogP contribution in [0, 0.1) is 6.92 Å². The van der Waals surface area contributed by atoms with Crippen LogP contribution < -0.4 is 15.6 Å². The number of carboxylic acids is 1. The lowest BCUT2D eigenvalue weighted by atomic mass is 10.0. The van der Waals surface area contributed by atoms with Gasteiger partial charge in [-0.05, 0) is 37.6 Å². The van der Waals surface area contributed by atoms with E-state index in [0.717, 1.165) is 11.1 Å². The first kappa shape index (κ1) is 18.5. The van der Waals surface area contributed by atoms with Crippen LogP contribution in [0.1, 0.15) is 34.5 Å². The molecule has 0 spiro atoms. The number of aromatic carboxylic acids is 1. The van der Waals surface area contributed by atoms with Gasteiger partial charge in [0, 0.05) is 31.4 Å². The van der Waals surface area contributed by atoms with Gasteiger partial charge in [-0.25, -0.2) is 4.79 Å². The molecule has 1 unspecified atom stereocenters. The predicted octanol–water partition coefficient (Wildman–Crippen LogP) is 4.04. The highest BCUT2D eigenvalue weighted by atomic mass is 16.4. The highest BCUT2D eigenvalue weighted by Gasteiger charge is 2.18. The summed E-state index contributed by atoms with van der Waals surface area (Å²) in [6, 6.07) is 11.7. The molecule has 6 heteroatoms. The first-order chi connectivity index (χ1) is 12.8. The molecule has 0 amide bonds. The van der Waals surface area contributed by atoms with Gasteiger partial charge in [0.1, 0.15) is 5.58 Å². The van der Waals surface area contributed by atoms with Gasteiger partial charge in [-0.15, -0.1) is 0 Å². The number of nitrogens with zero attached hydrogens (tertiary/aromatic N) is 1. The Morgan fingerprint density at radius 1 is 1.19 bits per heavy atom. The molecule has 3 rings (SSSR count). The first-order valence-electron chi connectivity index (χ1n) is 8.62. The van der Waals surface area contributed by atoms with E-state index in [1.165, 1.54) is 6.07 Å². The molecule has 6 nitrogen and oxygen atoms in total. The van der Waals surface area contributed by atoms with Crippen LogP contribution in [0.15, 0.2) is 51.7 Å². The molecule has 2 aromatic carbocycles. The fraction of sp³-hybridized carbons (Fsp3) is 0.238. The minimum Gasteiger partial charge on any atom is -0.478 e. The third kappa shape index (κ3) is 3.65. The molecule has 0 aliphatic rings. The normalized spacial score (nSPS) is 12.0. The number of benzene rings is 2. The number of aryl methyl sites for hydroxylation is 1. The van der Waals surface area contributed by atoms with Gasteiger partial charge in [0.15, 0.2) is 11.3 Å². The molecule has 0 aliphatic heterocycles. The zero-order valence-electron chi connectivity index (χ0n) is 15.7. The van der Waals surface area contributed by atoms with E-state index in [9.17, 15) is 14.7 Å². The standard InChI is InChI=1S/C21H22N2O4/c1-12-9-15(13(2)22-17-8-6-5-7-14(17)21(25)26)20-16(10-12)18(24)11-19(27-20)23(3)4/h5-11,13,22H,1-4H3,(H,25,26). The van der Waals surface area contributed by atoms with E-state index in [1.807, 2.05) is 40.1 Å². The summed E-state index contributed by atoms with van der Waals surface area (Å²) in [5, 5.41) is 13.1. The quantitative estimate of drug-likeness (QED) is 0.709. The second kappa shape index (κ2) is 7.15. The monoisotopic (exact) mass is 366 g/mol. The largest absolute Gasteiger partial charge is 0.478 e. The third-order valence-corrected chi connectivity index (χ3v) is 4.43. The number of hydrogen-bond acceptors (Lipinski definition) is 5. The summed E-state index contributed by atoms with van der Waals surface area (Å²) in [4.78, 5) is 25.8. The molecule has 0 aliphatic carbocycles. The molecule has 0 radical (unpaired) electrons. The number of carboxylic acid groups (broad SMARTS) is 1. The molecular formula is C21H22N2O4. The minimum absolute atomic E-state index is 0.108. The molecular weight excluding hydrogens is 344 g/mol. The Morgan fingerprint density at radius 2 is 1.89 bits per heavy atom. The van der Waals surface area contributed by atoms with Crippen LogP contribution in [0.5, 0.6) is 0 Å². The number of para-hydroxylation sites is 1. The Bertz CT molecular complexity index is 1070. The van der Waals surface area contributed by atoms with Crippen molar-refractivity contribution in [2.24, 2.45) is 0 Å². The highest BCUT2D eigenvalue weighted by molar-refractivity contribution is 5.94. The first-order valence-corrected chi connectivity index (χ1v) is 8.62. The van der Waals surface area contributed by atoms with Crippen LogP contribution in [-0.4, -0.2) is 25.2 Å². The van der Waals surface area contributed by atoms with E-state index in [-0.39, 0.29) is 17.0 Å². The number of carbonyl (C=O) groups is 1. The van der Waals surface area contributed by atoms with Crippen molar-refractivity contribution in [2.45, 2.75) is 19.9 Å². The summed E-state index contributed by atoms with van der Waals surface area (Å²) in [5.74, 6) is -0.531. The lowest BCUT2D eigenvalue weighted by Gasteiger charge is -2.20. The molecule has 0 fully saturated rings. The Labute approximate surface area is 157 Å². The zero-order valence-corrected chi connectivity index (χ0v) is 15.7. The van der Waals surface area contributed by atoms with E-state index in [4.69, 9.17) is 4.42 Å². The Kier molecular flexibility index (Phi) is 4.90. The summed E-state index contributed by atoms with van der Waals surface area (Å²) in [7, 11) is 3.62. The van der Waals surface area contributed by atoms with Crippen LogP contribution in [0.2, 0.25) is 0 Å². The number of nitrogens with one attached hydrogen (secondary N) is 1. The smallest absolute Gasteiger partial charge is 0.337 e. The van der Waals surface area contributed by atoms with Gasteiger partial charge < -0.3 is 19.7 Å². The van der Waals surface area contributed by atoms with Crippen molar-refractivity contribution in [3.63, 3.8) is 0 Å². The molecule has 1 atom stereocenters. The summed E-state index contributed by atoms with van der Waals surface area (Å²) in [5.41, 5.74) is 2.83. The third-order valence-electron chi connectivity index (χ3n) is 4.43. The van der Waals surface area contributed by atoms with Gasteiger partial charge in [-0.2, -0.15) is 0 Å². The van der Waals surface area contributed by atoms with E-state index in [0.29, 0.717) is 22.5 Å². The van der Waals surface area contributed by atoms with Crippen molar-refractivity contribution in [1.82, 2.24) is 0 Å². The second-order valence-corrected chi connectivity index (χ2v) is 6.79. The summed E-state index contributed by atoms with van der Waals surface area (Å²) in [6.45, 7) is 3.83. The molecule has 27 heavy (non-hydrogen) atoms. The van der Waals surface area contributed by atoms with Crippen molar-refractivity contribution in [3.05, 3.63) is 69.4 Å². The van der Waals surface area contributed by atoms with E-state index < -0.39 is 5.97 Å². The number of anilines is 2. The maximum atomic E-state index is 12.5. The van der Waals surface area contributed by atoms with Crippen LogP contribution in [0.25, 0.3) is 11.0 Å². The molecule has 3 aromatic rings. The maximum absolute atomic E-state index is 12.5. The van der Waals surface area contributed by atoms with Gasteiger partial charge in [0.05, 0.1) is 17.0 Å². The maximum Gasteiger partial charge on any atom is 0.337 e. The fourth-order valence-electron chi connectivity index (χ4n) is 3.07. The van der Waals surface area contributed by atoms with Gasteiger partial charge in [0.2, 0.25) is 0 Å². The van der Waals surface area contributed by atoms with Crippen LogP contribution in [0.4, 0.5) is 11.6 Å². The minimum atomic E-state index is -0.999. The molecule has 0 bridgehead atoms. The average molecular weight is 366 g/mol. The van der Waals surface area contributed by atoms with Crippen molar-refractivity contribution in [3.8, 4) is 0 Å². The van der Waals surface area contributed by atoms with Gasteiger partial charge in [0.25, 0.3) is 0 Å². The highest BCUT2D eigenvalue weighted by Crippen LogP contribution is 2.30. The lowest BCUT2D eigenvalue weighted by molar-refractivity contribution is 0.0698. The van der Waals surface area contributed by atoms with Crippen molar-refractivity contribution in [2.75, 3.05) is 24.3 Å². The SMILES string of the molecule is Cc1cc(C(C)Nc2ccccc2C(=O)O)c2oc(N(C)C)cc(=O)c2c1.